The molecular weight excluding hydrogens is 271 g/mol. The summed E-state index contributed by atoms with van der Waals surface area (Å²) in [6, 6.07) is 4.90. The summed E-state index contributed by atoms with van der Waals surface area (Å²) in [7, 11) is 0. The summed E-state index contributed by atoms with van der Waals surface area (Å²) >= 11 is 5.49. The van der Waals surface area contributed by atoms with Gasteiger partial charge in [-0.1, -0.05) is 6.07 Å². The van der Waals surface area contributed by atoms with E-state index in [1.165, 1.54) is 6.07 Å². The van der Waals surface area contributed by atoms with Gasteiger partial charge in [0.05, 0.1) is 24.7 Å². The molecule has 1 saturated heterocycles. The molecule has 4 nitrogen and oxygen atoms in total. The van der Waals surface area contributed by atoms with Crippen LogP contribution in [-0.4, -0.2) is 43.3 Å². The Morgan fingerprint density at radius 2 is 2.42 bits per heavy atom. The molecule has 19 heavy (non-hydrogen) atoms. The van der Waals surface area contributed by atoms with Crippen LogP contribution in [0, 0.1) is 5.82 Å². The van der Waals surface area contributed by atoms with Gasteiger partial charge in [-0.05, 0) is 12.1 Å². The second kappa shape index (κ2) is 7.05. The number of ether oxygens (including phenoxy) is 1. The number of halogens is 2. The SMILES string of the molecule is O[C@@H](CCl)CNc1ccc(C2CNCCO2)c(F)c1. The predicted octanol–water partition coefficient (Wildman–Crippen LogP) is 1.50. The number of nitrogens with one attached hydrogen (secondary N) is 2. The van der Waals surface area contributed by atoms with Crippen LogP contribution in [0.2, 0.25) is 0 Å². The Labute approximate surface area is 116 Å². The van der Waals surface area contributed by atoms with Crippen molar-refractivity contribution in [2.24, 2.45) is 0 Å². The quantitative estimate of drug-likeness (QED) is 0.719. The molecule has 2 atom stereocenters. The molecule has 0 spiro atoms. The minimum absolute atomic E-state index is 0.148. The van der Waals surface area contributed by atoms with E-state index in [0.29, 0.717) is 30.9 Å². The lowest BCUT2D eigenvalue weighted by Crippen LogP contribution is -2.33. The third kappa shape index (κ3) is 4.04. The Bertz CT molecular complexity index is 414. The molecule has 0 aliphatic carbocycles. The summed E-state index contributed by atoms with van der Waals surface area (Å²) < 4.78 is 19.5. The van der Waals surface area contributed by atoms with Crippen LogP contribution >= 0.6 is 11.6 Å². The van der Waals surface area contributed by atoms with Gasteiger partial charge in [-0.25, -0.2) is 4.39 Å². The lowest BCUT2D eigenvalue weighted by Gasteiger charge is -2.24. The fourth-order valence-electron chi connectivity index (χ4n) is 1.95. The third-order valence-electron chi connectivity index (χ3n) is 2.99. The van der Waals surface area contributed by atoms with Crippen molar-refractivity contribution in [2.75, 3.05) is 37.4 Å². The predicted molar refractivity (Wildman–Crippen MR) is 73.2 cm³/mol. The van der Waals surface area contributed by atoms with E-state index in [-0.39, 0.29) is 17.8 Å². The molecule has 0 saturated carbocycles. The minimum Gasteiger partial charge on any atom is -0.390 e. The van der Waals surface area contributed by atoms with E-state index < -0.39 is 6.10 Å². The van der Waals surface area contributed by atoms with E-state index in [1.54, 1.807) is 12.1 Å². The number of hydrogen-bond donors (Lipinski definition) is 3. The van der Waals surface area contributed by atoms with Crippen LogP contribution in [0.15, 0.2) is 18.2 Å². The molecular formula is C13H18ClFN2O2. The maximum atomic E-state index is 14.0. The Balaban J connectivity index is 2.00. The van der Waals surface area contributed by atoms with Crippen molar-refractivity contribution < 1.29 is 14.2 Å². The smallest absolute Gasteiger partial charge is 0.131 e. The van der Waals surface area contributed by atoms with E-state index in [1.807, 2.05) is 0 Å². The number of anilines is 1. The topological polar surface area (TPSA) is 53.5 Å². The van der Waals surface area contributed by atoms with Gasteiger partial charge in [0.1, 0.15) is 5.82 Å². The number of benzene rings is 1. The molecule has 6 heteroatoms. The molecule has 1 heterocycles. The van der Waals surface area contributed by atoms with Gasteiger partial charge < -0.3 is 20.5 Å². The highest BCUT2D eigenvalue weighted by Gasteiger charge is 2.19. The molecule has 1 aromatic rings. The number of alkyl halides is 1. The highest BCUT2D eigenvalue weighted by atomic mass is 35.5. The van der Waals surface area contributed by atoms with Crippen molar-refractivity contribution in [2.45, 2.75) is 12.2 Å². The van der Waals surface area contributed by atoms with Crippen LogP contribution in [0.3, 0.4) is 0 Å². The van der Waals surface area contributed by atoms with E-state index >= 15 is 0 Å². The highest BCUT2D eigenvalue weighted by Crippen LogP contribution is 2.24. The molecule has 106 valence electrons. The van der Waals surface area contributed by atoms with Crippen molar-refractivity contribution in [3.05, 3.63) is 29.6 Å². The van der Waals surface area contributed by atoms with E-state index in [4.69, 9.17) is 16.3 Å². The molecule has 2 rings (SSSR count). The number of aliphatic hydroxyl groups is 1. The number of rotatable bonds is 5. The molecule has 0 radical (unpaired) electrons. The number of hydrogen-bond acceptors (Lipinski definition) is 4. The Morgan fingerprint density at radius 1 is 1.58 bits per heavy atom. The first-order valence-electron chi connectivity index (χ1n) is 6.30. The van der Waals surface area contributed by atoms with Gasteiger partial charge in [0.2, 0.25) is 0 Å². The molecule has 1 unspecified atom stereocenters. The fourth-order valence-corrected chi connectivity index (χ4v) is 2.06. The van der Waals surface area contributed by atoms with Gasteiger partial charge in [0.15, 0.2) is 0 Å². The van der Waals surface area contributed by atoms with Crippen LogP contribution < -0.4 is 10.6 Å². The van der Waals surface area contributed by atoms with Crippen molar-refractivity contribution >= 4 is 17.3 Å². The average molecular weight is 289 g/mol. The average Bonchev–Trinajstić information content (AvgIpc) is 2.45. The highest BCUT2D eigenvalue weighted by molar-refractivity contribution is 6.18. The summed E-state index contributed by atoms with van der Waals surface area (Å²) in [5.41, 5.74) is 1.17. The molecule has 3 N–H and O–H groups in total. The van der Waals surface area contributed by atoms with Gasteiger partial charge in [0, 0.05) is 30.9 Å². The normalized spacial score (nSPS) is 21.1. The summed E-state index contributed by atoms with van der Waals surface area (Å²) in [4.78, 5) is 0. The largest absolute Gasteiger partial charge is 0.390 e. The Kier molecular flexibility index (Phi) is 5.39. The summed E-state index contributed by atoms with van der Waals surface area (Å²) in [6.07, 6.45) is -0.883. The van der Waals surface area contributed by atoms with Crippen LogP contribution in [-0.2, 0) is 4.74 Å². The molecule has 1 aromatic carbocycles. The minimum atomic E-state index is -0.643. The van der Waals surface area contributed by atoms with Crippen molar-refractivity contribution in [3.63, 3.8) is 0 Å². The molecule has 1 fully saturated rings. The van der Waals surface area contributed by atoms with Crippen LogP contribution in [0.5, 0.6) is 0 Å². The second-order valence-electron chi connectivity index (χ2n) is 4.49. The summed E-state index contributed by atoms with van der Waals surface area (Å²) in [6.45, 7) is 2.30. The lowest BCUT2D eigenvalue weighted by molar-refractivity contribution is 0.0255. The first kappa shape index (κ1) is 14.5. The first-order chi connectivity index (χ1) is 9.20. The van der Waals surface area contributed by atoms with Crippen LogP contribution in [0.1, 0.15) is 11.7 Å². The third-order valence-corrected chi connectivity index (χ3v) is 3.35. The molecule has 0 aromatic heterocycles. The zero-order valence-corrected chi connectivity index (χ0v) is 11.3. The van der Waals surface area contributed by atoms with E-state index in [9.17, 15) is 9.50 Å². The Hall–Kier alpha value is -0.880. The molecule has 0 bridgehead atoms. The Morgan fingerprint density at radius 3 is 3.05 bits per heavy atom. The number of aliphatic hydroxyl groups excluding tert-OH is 1. The maximum Gasteiger partial charge on any atom is 0.131 e. The summed E-state index contributed by atoms with van der Waals surface area (Å²) in [5.74, 6) is -0.158. The van der Waals surface area contributed by atoms with Crippen LogP contribution in [0.25, 0.3) is 0 Å². The van der Waals surface area contributed by atoms with Crippen molar-refractivity contribution in [1.29, 1.82) is 0 Å². The monoisotopic (exact) mass is 288 g/mol. The first-order valence-corrected chi connectivity index (χ1v) is 6.84. The zero-order valence-electron chi connectivity index (χ0n) is 10.5. The zero-order chi connectivity index (χ0) is 13.7. The molecule has 0 amide bonds. The second-order valence-corrected chi connectivity index (χ2v) is 4.80. The molecule has 1 aliphatic rings. The maximum absolute atomic E-state index is 14.0. The van der Waals surface area contributed by atoms with Crippen LogP contribution in [0.4, 0.5) is 10.1 Å². The van der Waals surface area contributed by atoms with E-state index in [0.717, 1.165) is 6.54 Å². The molecule has 1 aliphatic heterocycles. The summed E-state index contributed by atoms with van der Waals surface area (Å²) in [5, 5.41) is 15.4. The fraction of sp³-hybridized carbons (Fsp3) is 0.538. The van der Waals surface area contributed by atoms with Crippen molar-refractivity contribution in [3.8, 4) is 0 Å². The van der Waals surface area contributed by atoms with Gasteiger partial charge >= 0.3 is 0 Å². The lowest BCUT2D eigenvalue weighted by atomic mass is 10.1. The van der Waals surface area contributed by atoms with Gasteiger partial charge in [-0.2, -0.15) is 0 Å². The van der Waals surface area contributed by atoms with E-state index in [2.05, 4.69) is 10.6 Å². The van der Waals surface area contributed by atoms with Gasteiger partial charge in [-0.3, -0.25) is 0 Å². The van der Waals surface area contributed by atoms with Gasteiger partial charge in [-0.15, -0.1) is 11.6 Å². The standard InChI is InChI=1S/C13H18ClFN2O2/c14-6-10(18)7-17-9-1-2-11(12(15)5-9)13-8-16-3-4-19-13/h1-2,5,10,13,16-18H,3-4,6-8H2/t10-,13?/m0/s1. The van der Waals surface area contributed by atoms with Crippen molar-refractivity contribution in [1.82, 2.24) is 5.32 Å². The van der Waals surface area contributed by atoms with Gasteiger partial charge in [0.25, 0.3) is 0 Å². The number of morpholine rings is 1.